The Balaban J connectivity index is 5.00. The van der Waals surface area contributed by atoms with Gasteiger partial charge in [0, 0.05) is 8.94 Å². The summed E-state index contributed by atoms with van der Waals surface area (Å²) in [5, 5.41) is 8.96. The predicted octanol–water partition coefficient (Wildman–Crippen LogP) is 3.74. The summed E-state index contributed by atoms with van der Waals surface area (Å²) in [6, 6.07) is 0. The number of thiocarbonyl (C=S) groups is 1. The van der Waals surface area contributed by atoms with E-state index in [1.54, 1.807) is 0 Å². The smallest absolute Gasteiger partial charge is 0.304 e. The van der Waals surface area contributed by atoms with Crippen LogP contribution in [0.2, 0.25) is 0 Å². The molecule has 0 amide bonds. The maximum Gasteiger partial charge on any atom is 0.304 e. The number of carboxylic acid groups (broad SMARTS) is 1. The molecule has 0 rings (SSSR count). The summed E-state index contributed by atoms with van der Waals surface area (Å²) in [5.41, 5.74) is -0.0455. The second-order valence-electron chi connectivity index (χ2n) is 4.63. The molecule has 1 unspecified atom stereocenters. The van der Waals surface area contributed by atoms with E-state index in [0.717, 1.165) is 10.6 Å². The summed E-state index contributed by atoms with van der Waals surface area (Å²) in [6.45, 7) is 10.1. The van der Waals surface area contributed by atoms with Crippen LogP contribution in [0.3, 0.4) is 0 Å². The van der Waals surface area contributed by atoms with Crippen molar-refractivity contribution >= 4 is 34.1 Å². The Kier molecular flexibility index (Phi) is 5.27. The van der Waals surface area contributed by atoms with E-state index in [1.807, 2.05) is 13.8 Å². The standard InChI is InChI=1S/C11H20O2S2/c1-6-10(3,4)11(5,7-9(12)13)15-8(2)14/h6-7H2,1-5H3,(H,12,13). The minimum atomic E-state index is -0.761. The van der Waals surface area contributed by atoms with Gasteiger partial charge in [-0.2, -0.15) is 0 Å². The van der Waals surface area contributed by atoms with E-state index >= 15 is 0 Å². The second kappa shape index (κ2) is 5.30. The predicted molar refractivity (Wildman–Crippen MR) is 70.6 cm³/mol. The Hall–Kier alpha value is -0.0900. The quantitative estimate of drug-likeness (QED) is 0.752. The molecule has 0 aromatic carbocycles. The zero-order chi connectivity index (χ0) is 12.3. The molecule has 0 radical (unpaired) electrons. The summed E-state index contributed by atoms with van der Waals surface area (Å²) in [6.07, 6.45) is 1.08. The second-order valence-corrected chi connectivity index (χ2v) is 7.22. The van der Waals surface area contributed by atoms with Crippen LogP contribution in [0.1, 0.15) is 47.5 Å². The molecule has 0 saturated heterocycles. The average molecular weight is 248 g/mol. The van der Waals surface area contributed by atoms with Gasteiger partial charge < -0.3 is 5.11 Å². The van der Waals surface area contributed by atoms with E-state index in [2.05, 4.69) is 20.8 Å². The molecule has 0 aliphatic rings. The number of carbonyl (C=O) groups is 1. The maximum absolute atomic E-state index is 10.9. The van der Waals surface area contributed by atoms with Gasteiger partial charge in [-0.25, -0.2) is 0 Å². The van der Waals surface area contributed by atoms with Gasteiger partial charge >= 0.3 is 5.97 Å². The van der Waals surface area contributed by atoms with E-state index in [9.17, 15) is 4.79 Å². The van der Waals surface area contributed by atoms with Crippen molar-refractivity contribution < 1.29 is 9.90 Å². The van der Waals surface area contributed by atoms with E-state index < -0.39 is 5.97 Å². The first-order valence-corrected chi connectivity index (χ1v) is 6.28. The third-order valence-electron chi connectivity index (χ3n) is 3.17. The van der Waals surface area contributed by atoms with Crippen LogP contribution in [0.15, 0.2) is 0 Å². The third kappa shape index (κ3) is 4.11. The monoisotopic (exact) mass is 248 g/mol. The molecule has 0 aromatic rings. The summed E-state index contributed by atoms with van der Waals surface area (Å²) in [4.78, 5) is 10.9. The summed E-state index contributed by atoms with van der Waals surface area (Å²) in [5.74, 6) is -0.761. The first kappa shape index (κ1) is 14.9. The molecule has 15 heavy (non-hydrogen) atoms. The van der Waals surface area contributed by atoms with Gasteiger partial charge in [-0.3, -0.25) is 4.79 Å². The Morgan fingerprint density at radius 1 is 1.40 bits per heavy atom. The molecule has 4 heteroatoms. The molecular weight excluding hydrogens is 228 g/mol. The molecule has 88 valence electrons. The number of hydrogen-bond acceptors (Lipinski definition) is 3. The van der Waals surface area contributed by atoms with Crippen molar-refractivity contribution in [1.29, 1.82) is 0 Å². The first-order valence-electron chi connectivity index (χ1n) is 5.06. The van der Waals surface area contributed by atoms with Crippen molar-refractivity contribution in [3.63, 3.8) is 0 Å². The van der Waals surface area contributed by atoms with Gasteiger partial charge in [-0.15, -0.1) is 11.8 Å². The average Bonchev–Trinajstić information content (AvgIpc) is 2.00. The van der Waals surface area contributed by atoms with E-state index in [1.165, 1.54) is 11.8 Å². The Morgan fingerprint density at radius 2 is 1.87 bits per heavy atom. The van der Waals surface area contributed by atoms with Gasteiger partial charge in [0.1, 0.15) is 0 Å². The lowest BCUT2D eigenvalue weighted by molar-refractivity contribution is -0.138. The first-order chi connectivity index (χ1) is 6.64. The highest BCUT2D eigenvalue weighted by molar-refractivity contribution is 8.23. The third-order valence-corrected chi connectivity index (χ3v) is 4.86. The van der Waals surface area contributed by atoms with E-state index in [4.69, 9.17) is 17.3 Å². The summed E-state index contributed by atoms with van der Waals surface area (Å²) >= 11 is 6.60. The number of rotatable bonds is 5. The minimum absolute atomic E-state index is 0.0455. The largest absolute Gasteiger partial charge is 0.481 e. The van der Waals surface area contributed by atoms with Crippen LogP contribution in [-0.2, 0) is 4.79 Å². The normalized spacial score (nSPS) is 15.8. The van der Waals surface area contributed by atoms with Crippen LogP contribution in [0.4, 0.5) is 0 Å². The lowest BCUT2D eigenvalue weighted by atomic mass is 9.75. The molecule has 0 aromatic heterocycles. The topological polar surface area (TPSA) is 37.3 Å². The molecular formula is C11H20O2S2. The highest BCUT2D eigenvalue weighted by Gasteiger charge is 2.42. The van der Waals surface area contributed by atoms with Crippen LogP contribution < -0.4 is 0 Å². The van der Waals surface area contributed by atoms with Gasteiger partial charge in [0.05, 0.1) is 6.42 Å². The molecule has 0 aliphatic heterocycles. The lowest BCUT2D eigenvalue weighted by Gasteiger charge is -2.42. The number of aliphatic carboxylic acids is 1. The van der Waals surface area contributed by atoms with Crippen LogP contribution in [0.5, 0.6) is 0 Å². The van der Waals surface area contributed by atoms with Crippen LogP contribution >= 0.6 is 24.0 Å². The fraction of sp³-hybridized carbons (Fsp3) is 0.818. The van der Waals surface area contributed by atoms with Gasteiger partial charge in [-0.05, 0) is 25.7 Å². The molecule has 0 aliphatic carbocycles. The zero-order valence-corrected chi connectivity index (χ0v) is 11.7. The molecule has 0 fully saturated rings. The van der Waals surface area contributed by atoms with E-state index in [0.29, 0.717) is 0 Å². The Labute approximate surface area is 102 Å². The van der Waals surface area contributed by atoms with Crippen molar-refractivity contribution in [3.8, 4) is 0 Å². The van der Waals surface area contributed by atoms with Gasteiger partial charge in [0.15, 0.2) is 0 Å². The molecule has 2 nitrogen and oxygen atoms in total. The van der Waals surface area contributed by atoms with Crippen LogP contribution in [0.25, 0.3) is 0 Å². The van der Waals surface area contributed by atoms with Crippen molar-refractivity contribution in [1.82, 2.24) is 0 Å². The molecule has 0 saturated carbocycles. The van der Waals surface area contributed by atoms with Crippen molar-refractivity contribution in [2.24, 2.45) is 5.41 Å². The lowest BCUT2D eigenvalue weighted by Crippen LogP contribution is -2.41. The molecule has 0 bridgehead atoms. The minimum Gasteiger partial charge on any atom is -0.481 e. The van der Waals surface area contributed by atoms with Crippen LogP contribution in [0, 0.1) is 5.41 Å². The highest BCUT2D eigenvalue weighted by Crippen LogP contribution is 2.47. The number of thioether (sulfide) groups is 1. The Morgan fingerprint density at radius 3 is 2.13 bits per heavy atom. The molecule has 0 spiro atoms. The molecule has 1 N–H and O–H groups in total. The molecule has 0 heterocycles. The van der Waals surface area contributed by atoms with Crippen LogP contribution in [-0.4, -0.2) is 20.0 Å². The SMILES string of the molecule is CCC(C)(C)C(C)(CC(=O)O)SC(C)=S. The number of carboxylic acids is 1. The van der Waals surface area contributed by atoms with Crippen molar-refractivity contribution in [2.75, 3.05) is 0 Å². The summed E-state index contributed by atoms with van der Waals surface area (Å²) < 4.78 is 0.472. The molecule has 1 atom stereocenters. The van der Waals surface area contributed by atoms with Gasteiger partial charge in [0.25, 0.3) is 0 Å². The number of hydrogen-bond donors (Lipinski definition) is 1. The maximum atomic E-state index is 10.9. The summed E-state index contributed by atoms with van der Waals surface area (Å²) in [7, 11) is 0. The van der Waals surface area contributed by atoms with E-state index in [-0.39, 0.29) is 16.6 Å². The fourth-order valence-electron chi connectivity index (χ4n) is 1.39. The van der Waals surface area contributed by atoms with Crippen molar-refractivity contribution in [3.05, 3.63) is 0 Å². The van der Waals surface area contributed by atoms with Gasteiger partial charge in [-0.1, -0.05) is 33.0 Å². The highest BCUT2D eigenvalue weighted by atomic mass is 32.2. The van der Waals surface area contributed by atoms with Crippen molar-refractivity contribution in [2.45, 2.75) is 52.2 Å². The fourth-order valence-corrected chi connectivity index (χ4v) is 3.20. The Bertz CT molecular complexity index is 243. The zero-order valence-electron chi connectivity index (χ0n) is 10.1. The van der Waals surface area contributed by atoms with Gasteiger partial charge in [0.2, 0.25) is 0 Å².